The van der Waals surface area contributed by atoms with Crippen LogP contribution in [0.15, 0.2) is 42.5 Å². The molecule has 1 atom stereocenters. The number of carbonyl (C=O) groups excluding carboxylic acids is 1. The number of ether oxygens (including phenoxy) is 3. The van der Waals surface area contributed by atoms with Crippen molar-refractivity contribution in [3.63, 3.8) is 0 Å². The van der Waals surface area contributed by atoms with E-state index in [9.17, 15) is 4.79 Å². The van der Waals surface area contributed by atoms with Crippen LogP contribution in [0.3, 0.4) is 0 Å². The second kappa shape index (κ2) is 8.01. The SMILES string of the molecule is COCCOc1cccc(-c2ccc3c(c2)CCC(C)(C)C3OC(N)=O)c1. The van der Waals surface area contributed by atoms with Crippen molar-refractivity contribution in [3.05, 3.63) is 53.6 Å². The number of amides is 1. The molecule has 0 heterocycles. The summed E-state index contributed by atoms with van der Waals surface area (Å²) in [6.07, 6.45) is 0.822. The van der Waals surface area contributed by atoms with Crippen molar-refractivity contribution in [1.82, 2.24) is 0 Å². The van der Waals surface area contributed by atoms with Crippen LogP contribution in [-0.4, -0.2) is 26.4 Å². The minimum absolute atomic E-state index is 0.140. The van der Waals surface area contributed by atoms with Crippen molar-refractivity contribution in [3.8, 4) is 16.9 Å². The van der Waals surface area contributed by atoms with Crippen LogP contribution in [0.1, 0.15) is 37.5 Å². The van der Waals surface area contributed by atoms with Gasteiger partial charge in [0.15, 0.2) is 0 Å². The Hall–Kier alpha value is -2.53. The van der Waals surface area contributed by atoms with E-state index in [-0.39, 0.29) is 11.5 Å². The molecule has 0 bridgehead atoms. The lowest BCUT2D eigenvalue weighted by molar-refractivity contribution is 0.0147. The molecule has 0 fully saturated rings. The molecule has 3 rings (SSSR count). The summed E-state index contributed by atoms with van der Waals surface area (Å²) in [7, 11) is 1.66. The third-order valence-electron chi connectivity index (χ3n) is 5.13. The summed E-state index contributed by atoms with van der Waals surface area (Å²) in [5.41, 5.74) is 9.61. The molecule has 1 unspecified atom stereocenters. The number of aryl methyl sites for hydroxylation is 1. The Kier molecular flexibility index (Phi) is 5.71. The Morgan fingerprint density at radius 2 is 1.93 bits per heavy atom. The standard InChI is InChI=1S/C22H27NO4/c1-22(2)10-9-17-13-16(7-8-19(17)20(22)27-21(23)24)15-5-4-6-18(14-15)26-12-11-25-3/h4-8,13-14,20H,9-12H2,1-3H3,(H2,23,24). The molecule has 0 aromatic heterocycles. The van der Waals surface area contributed by atoms with Gasteiger partial charge >= 0.3 is 6.09 Å². The van der Waals surface area contributed by atoms with Crippen molar-refractivity contribution in [1.29, 1.82) is 0 Å². The van der Waals surface area contributed by atoms with Gasteiger partial charge in [-0.2, -0.15) is 0 Å². The Balaban J connectivity index is 1.88. The maximum atomic E-state index is 11.4. The third-order valence-corrected chi connectivity index (χ3v) is 5.13. The molecule has 0 radical (unpaired) electrons. The summed E-state index contributed by atoms with van der Waals surface area (Å²) in [6, 6.07) is 14.3. The normalized spacial score (nSPS) is 17.8. The first kappa shape index (κ1) is 19.2. The van der Waals surface area contributed by atoms with E-state index >= 15 is 0 Å². The molecule has 1 aliphatic rings. The van der Waals surface area contributed by atoms with Crippen LogP contribution in [0.5, 0.6) is 5.75 Å². The predicted octanol–water partition coefficient (Wildman–Crippen LogP) is 4.49. The zero-order valence-electron chi connectivity index (χ0n) is 16.2. The number of nitrogens with two attached hydrogens (primary N) is 1. The highest BCUT2D eigenvalue weighted by Crippen LogP contribution is 2.46. The van der Waals surface area contributed by atoms with Gasteiger partial charge in [0.25, 0.3) is 0 Å². The van der Waals surface area contributed by atoms with Gasteiger partial charge < -0.3 is 19.9 Å². The number of hydrogen-bond donors (Lipinski definition) is 1. The maximum Gasteiger partial charge on any atom is 0.405 e. The molecule has 1 amide bonds. The minimum atomic E-state index is -0.731. The summed E-state index contributed by atoms with van der Waals surface area (Å²) >= 11 is 0. The molecular formula is C22H27NO4. The molecule has 0 saturated heterocycles. The first-order valence-corrected chi connectivity index (χ1v) is 9.22. The molecule has 0 spiro atoms. The Labute approximate surface area is 160 Å². The number of benzene rings is 2. The summed E-state index contributed by atoms with van der Waals surface area (Å²) in [4.78, 5) is 11.4. The van der Waals surface area contributed by atoms with Gasteiger partial charge in [0.2, 0.25) is 0 Å². The molecule has 144 valence electrons. The van der Waals surface area contributed by atoms with Crippen molar-refractivity contribution >= 4 is 6.09 Å². The molecular weight excluding hydrogens is 342 g/mol. The van der Waals surface area contributed by atoms with Gasteiger partial charge in [-0.25, -0.2) is 4.79 Å². The first-order chi connectivity index (χ1) is 12.9. The van der Waals surface area contributed by atoms with E-state index in [2.05, 4.69) is 38.1 Å². The zero-order chi connectivity index (χ0) is 19.4. The number of rotatable bonds is 6. The molecule has 5 heteroatoms. The maximum absolute atomic E-state index is 11.4. The number of fused-ring (bicyclic) bond motifs is 1. The molecule has 27 heavy (non-hydrogen) atoms. The van der Waals surface area contributed by atoms with E-state index in [0.717, 1.165) is 35.3 Å². The molecule has 0 aliphatic heterocycles. The molecule has 2 aromatic carbocycles. The number of methoxy groups -OCH3 is 1. The van der Waals surface area contributed by atoms with Crippen LogP contribution >= 0.6 is 0 Å². The molecule has 5 nitrogen and oxygen atoms in total. The van der Waals surface area contributed by atoms with E-state index in [0.29, 0.717) is 13.2 Å². The highest BCUT2D eigenvalue weighted by Gasteiger charge is 2.38. The summed E-state index contributed by atoms with van der Waals surface area (Å²) in [5.74, 6) is 0.818. The third kappa shape index (κ3) is 4.42. The largest absolute Gasteiger partial charge is 0.491 e. The fraction of sp³-hybridized carbons (Fsp3) is 0.409. The molecule has 1 aliphatic carbocycles. The summed E-state index contributed by atoms with van der Waals surface area (Å²) < 4.78 is 16.2. The fourth-order valence-corrected chi connectivity index (χ4v) is 3.61. The van der Waals surface area contributed by atoms with Crippen LogP contribution < -0.4 is 10.5 Å². The van der Waals surface area contributed by atoms with Gasteiger partial charge in [0, 0.05) is 12.5 Å². The average Bonchev–Trinajstić information content (AvgIpc) is 2.64. The number of primary amides is 1. The van der Waals surface area contributed by atoms with Gasteiger partial charge in [-0.1, -0.05) is 44.2 Å². The first-order valence-electron chi connectivity index (χ1n) is 9.22. The van der Waals surface area contributed by atoms with Gasteiger partial charge in [-0.05, 0) is 47.2 Å². The molecule has 0 saturated carbocycles. The van der Waals surface area contributed by atoms with E-state index in [4.69, 9.17) is 19.9 Å². The van der Waals surface area contributed by atoms with Crippen LogP contribution in [0.25, 0.3) is 11.1 Å². The lowest BCUT2D eigenvalue weighted by Gasteiger charge is -2.39. The van der Waals surface area contributed by atoms with Crippen molar-refractivity contribution in [2.24, 2.45) is 11.1 Å². The quantitative estimate of drug-likeness (QED) is 0.762. The predicted molar refractivity (Wildman–Crippen MR) is 105 cm³/mol. The van der Waals surface area contributed by atoms with Crippen molar-refractivity contribution < 1.29 is 19.0 Å². The lowest BCUT2D eigenvalue weighted by atomic mass is 9.71. The second-order valence-corrected chi connectivity index (χ2v) is 7.59. The lowest BCUT2D eigenvalue weighted by Crippen LogP contribution is -2.33. The van der Waals surface area contributed by atoms with E-state index < -0.39 is 6.09 Å². The van der Waals surface area contributed by atoms with E-state index in [1.54, 1.807) is 7.11 Å². The van der Waals surface area contributed by atoms with Gasteiger partial charge in [0.05, 0.1) is 6.61 Å². The smallest absolute Gasteiger partial charge is 0.405 e. The van der Waals surface area contributed by atoms with E-state index in [1.165, 1.54) is 5.56 Å². The van der Waals surface area contributed by atoms with Crippen LogP contribution in [-0.2, 0) is 15.9 Å². The van der Waals surface area contributed by atoms with Crippen LogP contribution in [0, 0.1) is 5.41 Å². The minimum Gasteiger partial charge on any atom is -0.491 e. The summed E-state index contributed by atoms with van der Waals surface area (Å²) in [5, 5.41) is 0. The highest BCUT2D eigenvalue weighted by atomic mass is 16.6. The van der Waals surface area contributed by atoms with Crippen LogP contribution in [0.2, 0.25) is 0 Å². The van der Waals surface area contributed by atoms with Crippen LogP contribution in [0.4, 0.5) is 4.79 Å². The monoisotopic (exact) mass is 369 g/mol. The Morgan fingerprint density at radius 3 is 2.67 bits per heavy atom. The van der Waals surface area contributed by atoms with Gasteiger partial charge in [-0.3, -0.25) is 0 Å². The number of carbonyl (C=O) groups is 1. The Morgan fingerprint density at radius 1 is 1.15 bits per heavy atom. The highest BCUT2D eigenvalue weighted by molar-refractivity contribution is 5.68. The number of hydrogen-bond acceptors (Lipinski definition) is 4. The van der Waals surface area contributed by atoms with Gasteiger partial charge in [-0.15, -0.1) is 0 Å². The average molecular weight is 369 g/mol. The summed E-state index contributed by atoms with van der Waals surface area (Å²) in [6.45, 7) is 5.29. The molecule has 2 aromatic rings. The Bertz CT molecular complexity index is 816. The van der Waals surface area contributed by atoms with Crippen molar-refractivity contribution in [2.75, 3.05) is 20.3 Å². The second-order valence-electron chi connectivity index (χ2n) is 7.59. The molecule has 2 N–H and O–H groups in total. The van der Waals surface area contributed by atoms with Crippen molar-refractivity contribution in [2.45, 2.75) is 32.8 Å². The van der Waals surface area contributed by atoms with E-state index in [1.807, 2.05) is 18.2 Å². The van der Waals surface area contributed by atoms with Gasteiger partial charge in [0.1, 0.15) is 18.5 Å². The fourth-order valence-electron chi connectivity index (χ4n) is 3.61. The topological polar surface area (TPSA) is 70.8 Å². The zero-order valence-corrected chi connectivity index (χ0v) is 16.2.